The third-order valence-electron chi connectivity index (χ3n) is 10.1. The molecule has 0 fully saturated rings. The van der Waals surface area contributed by atoms with Crippen molar-refractivity contribution in [1.29, 1.82) is 0 Å². The number of rotatable bonds is 3. The first-order valence-electron chi connectivity index (χ1n) is 15.9. The van der Waals surface area contributed by atoms with Gasteiger partial charge in [0.1, 0.15) is 11.5 Å². The van der Waals surface area contributed by atoms with Gasteiger partial charge in [0.25, 0.3) is 0 Å². The van der Waals surface area contributed by atoms with Gasteiger partial charge in [-0.15, -0.1) is 0 Å². The molecule has 1 heteroatoms. The van der Waals surface area contributed by atoms with E-state index >= 15 is 0 Å². The molecule has 0 saturated carbocycles. The Hall–Kier alpha value is -5.92. The molecule has 0 radical (unpaired) electrons. The molecule has 2 aliphatic rings. The Morgan fingerprint density at radius 1 is 0.370 bits per heavy atom. The fourth-order valence-electron chi connectivity index (χ4n) is 8.38. The molecule has 0 aromatic heterocycles. The van der Waals surface area contributed by atoms with E-state index in [1.54, 1.807) is 0 Å². The van der Waals surface area contributed by atoms with E-state index in [1.807, 2.05) is 0 Å². The maximum Gasteiger partial charge on any atom is 0.135 e. The molecule has 8 aromatic rings. The number of benzene rings is 8. The Kier molecular flexibility index (Phi) is 5.27. The summed E-state index contributed by atoms with van der Waals surface area (Å²) in [5, 5.41) is 4.89. The zero-order valence-electron chi connectivity index (χ0n) is 25.1. The van der Waals surface area contributed by atoms with E-state index < -0.39 is 5.41 Å². The average molecular weight is 585 g/mol. The van der Waals surface area contributed by atoms with Gasteiger partial charge < -0.3 is 4.74 Å². The standard InChI is InChI=1S/C45H28O/c1-2-16-31(17-3-1)45(39-24-9-7-20-34(39)36-28-27-29-13-4-5-18-32(29)44(36)45)38-23-8-6-19-33(38)35-21-12-26-41-43(35)37-22-10-14-30-15-11-25-40(46-41)42(30)37/h1-28H. The minimum atomic E-state index is -0.549. The molecule has 10 rings (SSSR count). The van der Waals surface area contributed by atoms with Gasteiger partial charge >= 0.3 is 0 Å². The molecule has 1 aliphatic heterocycles. The van der Waals surface area contributed by atoms with Crippen LogP contribution in [0.3, 0.4) is 0 Å². The highest BCUT2D eigenvalue weighted by atomic mass is 16.5. The summed E-state index contributed by atoms with van der Waals surface area (Å²) >= 11 is 0. The SMILES string of the molecule is c1ccc(C2(c3ccccc3-c3cccc4c3-c3cccc5cccc(c35)O4)c3ccccc3-c3ccc4ccccc4c32)cc1. The van der Waals surface area contributed by atoms with Gasteiger partial charge in [0, 0.05) is 10.9 Å². The van der Waals surface area contributed by atoms with Crippen LogP contribution in [0.1, 0.15) is 22.3 Å². The lowest BCUT2D eigenvalue weighted by atomic mass is 9.64. The number of fused-ring (bicyclic) bond motifs is 7. The van der Waals surface area contributed by atoms with Gasteiger partial charge in [0.2, 0.25) is 0 Å². The van der Waals surface area contributed by atoms with E-state index in [2.05, 4.69) is 170 Å². The third-order valence-corrected chi connectivity index (χ3v) is 10.1. The van der Waals surface area contributed by atoms with Crippen molar-refractivity contribution in [1.82, 2.24) is 0 Å². The van der Waals surface area contributed by atoms with Gasteiger partial charge in [-0.25, -0.2) is 0 Å². The second kappa shape index (κ2) is 9.54. The maximum absolute atomic E-state index is 6.66. The monoisotopic (exact) mass is 584 g/mol. The quantitative estimate of drug-likeness (QED) is 0.201. The first-order chi connectivity index (χ1) is 22.8. The minimum Gasteiger partial charge on any atom is -0.456 e. The van der Waals surface area contributed by atoms with E-state index in [9.17, 15) is 0 Å². The van der Waals surface area contributed by atoms with Gasteiger partial charge in [-0.1, -0.05) is 158 Å². The van der Waals surface area contributed by atoms with Crippen LogP contribution in [-0.4, -0.2) is 0 Å². The zero-order chi connectivity index (χ0) is 30.2. The molecule has 1 atom stereocenters. The Labute approximate surface area is 268 Å². The van der Waals surface area contributed by atoms with Gasteiger partial charge in [-0.2, -0.15) is 0 Å². The fraction of sp³-hybridized carbons (Fsp3) is 0.0222. The van der Waals surface area contributed by atoms with Crippen LogP contribution < -0.4 is 4.74 Å². The molecule has 0 bridgehead atoms. The van der Waals surface area contributed by atoms with Crippen molar-refractivity contribution in [3.63, 3.8) is 0 Å². The molecule has 1 unspecified atom stereocenters. The van der Waals surface area contributed by atoms with Crippen LogP contribution in [0.25, 0.3) is 54.9 Å². The number of ether oxygens (including phenoxy) is 1. The highest BCUT2D eigenvalue weighted by molar-refractivity contribution is 6.08. The van der Waals surface area contributed by atoms with Crippen molar-refractivity contribution in [2.75, 3.05) is 0 Å². The van der Waals surface area contributed by atoms with Crippen LogP contribution in [0.15, 0.2) is 170 Å². The van der Waals surface area contributed by atoms with E-state index in [-0.39, 0.29) is 0 Å². The lowest BCUT2D eigenvalue weighted by Crippen LogP contribution is -2.29. The summed E-state index contributed by atoms with van der Waals surface area (Å²) in [5.74, 6) is 1.81. The molecule has 0 spiro atoms. The zero-order valence-corrected chi connectivity index (χ0v) is 25.1. The first kappa shape index (κ1) is 25.4. The van der Waals surface area contributed by atoms with Crippen molar-refractivity contribution in [2.45, 2.75) is 5.41 Å². The lowest BCUT2D eigenvalue weighted by molar-refractivity contribution is 0.487. The Bertz CT molecular complexity index is 2500. The minimum absolute atomic E-state index is 0.549. The van der Waals surface area contributed by atoms with Crippen LogP contribution in [0.2, 0.25) is 0 Å². The molecular formula is C45H28O. The summed E-state index contributed by atoms with van der Waals surface area (Å²) in [6.07, 6.45) is 0. The molecule has 8 aromatic carbocycles. The topological polar surface area (TPSA) is 9.23 Å². The van der Waals surface area contributed by atoms with Crippen molar-refractivity contribution in [3.8, 4) is 44.9 Å². The van der Waals surface area contributed by atoms with Crippen LogP contribution in [0, 0.1) is 0 Å². The van der Waals surface area contributed by atoms with E-state index in [1.165, 1.54) is 71.6 Å². The average Bonchev–Trinajstić information content (AvgIpc) is 3.43. The number of hydrogen-bond donors (Lipinski definition) is 0. The highest BCUT2D eigenvalue weighted by Gasteiger charge is 2.48. The van der Waals surface area contributed by atoms with Crippen LogP contribution in [0.5, 0.6) is 11.5 Å². The molecule has 0 saturated heterocycles. The third kappa shape index (κ3) is 3.29. The Balaban J connectivity index is 1.37. The summed E-state index contributed by atoms with van der Waals surface area (Å²) < 4.78 is 6.66. The molecule has 214 valence electrons. The molecular weight excluding hydrogens is 556 g/mol. The van der Waals surface area contributed by atoms with Crippen LogP contribution in [-0.2, 0) is 5.41 Å². The van der Waals surface area contributed by atoms with Crippen LogP contribution in [0.4, 0.5) is 0 Å². The Morgan fingerprint density at radius 3 is 1.78 bits per heavy atom. The number of hydrogen-bond acceptors (Lipinski definition) is 1. The van der Waals surface area contributed by atoms with E-state index in [0.717, 1.165) is 17.1 Å². The summed E-state index contributed by atoms with van der Waals surface area (Å²) in [7, 11) is 0. The van der Waals surface area contributed by atoms with Crippen molar-refractivity contribution in [2.24, 2.45) is 0 Å². The molecule has 1 nitrogen and oxygen atoms in total. The summed E-state index contributed by atoms with van der Waals surface area (Å²) in [6, 6.07) is 62.1. The first-order valence-corrected chi connectivity index (χ1v) is 15.9. The molecule has 0 N–H and O–H groups in total. The summed E-state index contributed by atoms with van der Waals surface area (Å²) in [5.41, 5.74) is 12.0. The maximum atomic E-state index is 6.66. The van der Waals surface area contributed by atoms with Crippen molar-refractivity contribution >= 4 is 21.5 Å². The van der Waals surface area contributed by atoms with Gasteiger partial charge in [-0.05, 0) is 78.4 Å². The van der Waals surface area contributed by atoms with Gasteiger partial charge in [-0.3, -0.25) is 0 Å². The molecule has 1 aliphatic carbocycles. The summed E-state index contributed by atoms with van der Waals surface area (Å²) in [4.78, 5) is 0. The molecule has 0 amide bonds. The van der Waals surface area contributed by atoms with Gasteiger partial charge in [0.15, 0.2) is 0 Å². The van der Waals surface area contributed by atoms with Crippen LogP contribution >= 0.6 is 0 Å². The smallest absolute Gasteiger partial charge is 0.135 e. The van der Waals surface area contributed by atoms with Crippen molar-refractivity contribution in [3.05, 3.63) is 192 Å². The van der Waals surface area contributed by atoms with E-state index in [4.69, 9.17) is 4.74 Å². The predicted molar refractivity (Wildman–Crippen MR) is 190 cm³/mol. The van der Waals surface area contributed by atoms with E-state index in [0.29, 0.717) is 0 Å². The second-order valence-electron chi connectivity index (χ2n) is 12.4. The summed E-state index contributed by atoms with van der Waals surface area (Å²) in [6.45, 7) is 0. The predicted octanol–water partition coefficient (Wildman–Crippen LogP) is 11.8. The normalized spacial score (nSPS) is 15.7. The highest BCUT2D eigenvalue weighted by Crippen LogP contribution is 2.60. The second-order valence-corrected chi connectivity index (χ2v) is 12.4. The van der Waals surface area contributed by atoms with Crippen molar-refractivity contribution < 1.29 is 4.74 Å². The molecule has 1 heterocycles. The Morgan fingerprint density at radius 2 is 0.957 bits per heavy atom. The lowest BCUT2D eigenvalue weighted by Gasteiger charge is -2.36. The molecule has 46 heavy (non-hydrogen) atoms. The largest absolute Gasteiger partial charge is 0.456 e. The van der Waals surface area contributed by atoms with Gasteiger partial charge in [0.05, 0.1) is 5.41 Å². The fourth-order valence-corrected chi connectivity index (χ4v) is 8.38.